The first-order valence-electron chi connectivity index (χ1n) is 10.4. The number of ether oxygens (including phenoxy) is 2. The number of amides is 2. The summed E-state index contributed by atoms with van der Waals surface area (Å²) in [6, 6.07) is 10.8. The first-order chi connectivity index (χ1) is 17.9. The second-order valence-electron chi connectivity index (χ2n) is 7.36. The molecule has 3 rings (SSSR count). The molecule has 0 aliphatic carbocycles. The van der Waals surface area contributed by atoms with E-state index in [4.69, 9.17) is 9.47 Å². The van der Waals surface area contributed by atoms with Crippen LogP contribution in [0.4, 0.5) is 42.1 Å². The smallest absolute Gasteiger partial charge is 0.422 e. The third-order valence-corrected chi connectivity index (χ3v) is 5.96. The number of hydrogen-bond acceptors (Lipinski definition) is 5. The van der Waals surface area contributed by atoms with Crippen molar-refractivity contribution in [2.45, 2.75) is 11.1 Å². The summed E-state index contributed by atoms with van der Waals surface area (Å²) in [6.45, 7) is 0. The Balaban J connectivity index is 1.66. The van der Waals surface area contributed by atoms with E-state index in [0.717, 1.165) is 11.8 Å². The monoisotopic (exact) mass is 562 g/mol. The number of carbonyl (C=O) groups is 2. The summed E-state index contributed by atoms with van der Waals surface area (Å²) in [7, 11) is 2.78. The van der Waals surface area contributed by atoms with E-state index in [-0.39, 0.29) is 17.1 Å². The van der Waals surface area contributed by atoms with E-state index in [1.165, 1.54) is 38.5 Å². The van der Waals surface area contributed by atoms with Crippen LogP contribution in [0.25, 0.3) is 0 Å². The Kier molecular flexibility index (Phi) is 8.76. The number of rotatable bonds is 8. The van der Waals surface area contributed by atoms with Gasteiger partial charge in [0, 0.05) is 10.6 Å². The molecular formula is C24H17F7N2O4S. The minimum Gasteiger partial charge on any atom is -0.496 e. The molecule has 2 amide bonds. The van der Waals surface area contributed by atoms with Crippen molar-refractivity contribution < 1.29 is 49.8 Å². The number of carbonyl (C=O) groups excluding carboxylic acids is 2. The molecule has 3 aromatic carbocycles. The van der Waals surface area contributed by atoms with Gasteiger partial charge in [-0.05, 0) is 36.4 Å². The molecule has 0 heterocycles. The summed E-state index contributed by atoms with van der Waals surface area (Å²) in [4.78, 5) is 25.2. The molecule has 0 fully saturated rings. The predicted octanol–water partition coefficient (Wildman–Crippen LogP) is 6.26. The van der Waals surface area contributed by atoms with Gasteiger partial charge in [-0.1, -0.05) is 6.07 Å². The van der Waals surface area contributed by atoms with E-state index >= 15 is 0 Å². The van der Waals surface area contributed by atoms with Gasteiger partial charge in [0.2, 0.25) is 5.91 Å². The predicted molar refractivity (Wildman–Crippen MR) is 125 cm³/mol. The Labute approximate surface area is 215 Å². The van der Waals surface area contributed by atoms with Gasteiger partial charge in [-0.25, -0.2) is 17.6 Å². The maximum atomic E-state index is 14.0. The van der Waals surface area contributed by atoms with E-state index in [0.29, 0.717) is 10.6 Å². The zero-order valence-electron chi connectivity index (χ0n) is 19.4. The second-order valence-corrected chi connectivity index (χ2v) is 8.41. The molecule has 0 bridgehead atoms. The summed E-state index contributed by atoms with van der Waals surface area (Å²) in [6.07, 6.45) is -5.70. The molecule has 202 valence electrons. The van der Waals surface area contributed by atoms with Crippen molar-refractivity contribution in [3.63, 3.8) is 0 Å². The molecule has 0 aliphatic rings. The molecule has 0 radical (unpaired) electrons. The third kappa shape index (κ3) is 6.13. The van der Waals surface area contributed by atoms with E-state index < -0.39 is 58.3 Å². The summed E-state index contributed by atoms with van der Waals surface area (Å²) >= 11 is 0.834. The summed E-state index contributed by atoms with van der Waals surface area (Å²) < 4.78 is 104. The molecule has 0 atom stereocenters. The highest BCUT2D eigenvalue weighted by molar-refractivity contribution is 8.00. The maximum Gasteiger partial charge on any atom is 0.422 e. The van der Waals surface area contributed by atoms with Gasteiger partial charge < -0.3 is 20.1 Å². The average Bonchev–Trinajstić information content (AvgIpc) is 2.88. The van der Waals surface area contributed by atoms with Crippen molar-refractivity contribution >= 4 is 35.0 Å². The molecule has 38 heavy (non-hydrogen) atoms. The molecule has 2 N–H and O–H groups in total. The minimum atomic E-state index is -5.70. The van der Waals surface area contributed by atoms with E-state index in [9.17, 15) is 40.3 Å². The first kappa shape index (κ1) is 28.6. The number of halogens is 7. The van der Waals surface area contributed by atoms with Gasteiger partial charge in [0.25, 0.3) is 5.91 Å². The molecule has 3 aromatic rings. The number of thioether (sulfide) groups is 1. The highest BCUT2D eigenvalue weighted by Gasteiger charge is 2.42. The Morgan fingerprint density at radius 2 is 1.34 bits per heavy atom. The van der Waals surface area contributed by atoms with Crippen LogP contribution in [0, 0.1) is 23.3 Å². The van der Waals surface area contributed by atoms with Gasteiger partial charge >= 0.3 is 6.18 Å². The van der Waals surface area contributed by atoms with Gasteiger partial charge in [0.1, 0.15) is 28.3 Å². The number of methoxy groups -OCH3 is 2. The number of nitrogens with one attached hydrogen (secondary N) is 2. The molecule has 6 nitrogen and oxygen atoms in total. The van der Waals surface area contributed by atoms with Crippen LogP contribution in [-0.2, 0) is 11.0 Å². The summed E-state index contributed by atoms with van der Waals surface area (Å²) in [5.41, 5.74) is -3.90. The number of hydrogen-bond donors (Lipinski definition) is 2. The van der Waals surface area contributed by atoms with Crippen LogP contribution < -0.4 is 20.1 Å². The quantitative estimate of drug-likeness (QED) is 0.193. The van der Waals surface area contributed by atoms with Crippen molar-refractivity contribution in [2.24, 2.45) is 0 Å². The van der Waals surface area contributed by atoms with Crippen molar-refractivity contribution in [1.82, 2.24) is 0 Å². The molecule has 0 aromatic heterocycles. The normalized spacial score (nSPS) is 11.2. The van der Waals surface area contributed by atoms with Gasteiger partial charge in [0.05, 0.1) is 20.0 Å². The van der Waals surface area contributed by atoms with Gasteiger partial charge in [-0.3, -0.25) is 9.59 Å². The molecule has 14 heteroatoms. The van der Waals surface area contributed by atoms with E-state index in [1.807, 2.05) is 0 Å². The van der Waals surface area contributed by atoms with Gasteiger partial charge in [-0.15, -0.1) is 11.8 Å². The number of anilines is 2. The van der Waals surface area contributed by atoms with Crippen molar-refractivity contribution in [3.05, 3.63) is 76.9 Å². The van der Waals surface area contributed by atoms with Crippen LogP contribution in [0.2, 0.25) is 0 Å². The lowest BCUT2D eigenvalue weighted by Crippen LogP contribution is -2.21. The van der Waals surface area contributed by atoms with Crippen molar-refractivity contribution in [3.8, 4) is 11.5 Å². The Bertz CT molecular complexity index is 1310. The van der Waals surface area contributed by atoms with Crippen LogP contribution >= 0.6 is 11.8 Å². The minimum absolute atomic E-state index is 0.156. The topological polar surface area (TPSA) is 76.7 Å². The molecular weight excluding hydrogens is 545 g/mol. The Morgan fingerprint density at radius 1 is 0.816 bits per heavy atom. The van der Waals surface area contributed by atoms with Crippen LogP contribution in [0.5, 0.6) is 11.5 Å². The Hall–Kier alpha value is -3.94. The van der Waals surface area contributed by atoms with Crippen LogP contribution in [0.3, 0.4) is 0 Å². The standard InChI is InChI=1S/C24H17F7N2O4S/c1-36-13-4-3-5-14(37-2)16(13)23(35)32-11-6-8-12(9-7-11)38-10-15(34)33-22-20(27)18(25)17(24(29,30)31)19(26)21(22)28/h3-9H,10H2,1-2H3,(H,32,35)(H,33,34). The second kappa shape index (κ2) is 11.6. The molecule has 0 saturated carbocycles. The van der Waals surface area contributed by atoms with Crippen LogP contribution in [-0.4, -0.2) is 31.8 Å². The van der Waals surface area contributed by atoms with E-state index in [1.54, 1.807) is 23.5 Å². The lowest BCUT2D eigenvalue weighted by atomic mass is 10.1. The van der Waals surface area contributed by atoms with Gasteiger partial charge in [0.15, 0.2) is 23.3 Å². The molecule has 0 unspecified atom stereocenters. The highest BCUT2D eigenvalue weighted by atomic mass is 32.2. The molecule has 0 spiro atoms. The zero-order valence-corrected chi connectivity index (χ0v) is 20.3. The largest absolute Gasteiger partial charge is 0.496 e. The van der Waals surface area contributed by atoms with Crippen LogP contribution in [0.1, 0.15) is 15.9 Å². The van der Waals surface area contributed by atoms with Gasteiger partial charge in [-0.2, -0.15) is 13.2 Å². The lowest BCUT2D eigenvalue weighted by molar-refractivity contribution is -0.143. The van der Waals surface area contributed by atoms with Crippen molar-refractivity contribution in [1.29, 1.82) is 0 Å². The Morgan fingerprint density at radius 3 is 1.82 bits per heavy atom. The zero-order chi connectivity index (χ0) is 28.2. The lowest BCUT2D eigenvalue weighted by Gasteiger charge is -2.14. The summed E-state index contributed by atoms with van der Waals surface area (Å²) in [5.74, 6) is -11.8. The van der Waals surface area contributed by atoms with Crippen molar-refractivity contribution in [2.75, 3.05) is 30.6 Å². The number of benzene rings is 3. The van der Waals surface area contributed by atoms with Crippen LogP contribution in [0.15, 0.2) is 47.4 Å². The first-order valence-corrected chi connectivity index (χ1v) is 11.4. The molecule has 0 aliphatic heterocycles. The SMILES string of the molecule is COc1cccc(OC)c1C(=O)Nc1ccc(SCC(=O)Nc2c(F)c(F)c(C(F)(F)F)c(F)c2F)cc1. The number of alkyl halides is 3. The highest BCUT2D eigenvalue weighted by Crippen LogP contribution is 2.38. The third-order valence-electron chi connectivity index (χ3n) is 4.95. The van der Waals surface area contributed by atoms with E-state index in [2.05, 4.69) is 5.32 Å². The average molecular weight is 562 g/mol. The fourth-order valence-corrected chi connectivity index (χ4v) is 3.92. The summed E-state index contributed by atoms with van der Waals surface area (Å²) in [5, 5.41) is 4.20. The fraction of sp³-hybridized carbons (Fsp3) is 0.167. The fourth-order valence-electron chi connectivity index (χ4n) is 3.22. The molecule has 0 saturated heterocycles. The maximum absolute atomic E-state index is 14.0.